The van der Waals surface area contributed by atoms with Crippen molar-refractivity contribution in [2.45, 2.75) is 29.9 Å². The molecule has 2 N–H and O–H groups in total. The molecule has 9 nitrogen and oxygen atoms in total. The van der Waals surface area contributed by atoms with Crippen molar-refractivity contribution in [2.75, 3.05) is 17.1 Å². The summed E-state index contributed by atoms with van der Waals surface area (Å²) in [6.45, 7) is 0.304. The van der Waals surface area contributed by atoms with Gasteiger partial charge >= 0.3 is 0 Å². The van der Waals surface area contributed by atoms with Crippen LogP contribution in [0.4, 0.5) is 17.1 Å². The number of fused-ring (bicyclic) bond motifs is 3. The highest BCUT2D eigenvalue weighted by Gasteiger charge is 2.38. The Morgan fingerprint density at radius 2 is 1.76 bits per heavy atom. The largest absolute Gasteiger partial charge is 0.495 e. The highest BCUT2D eigenvalue weighted by molar-refractivity contribution is 7.92. The number of methoxy groups -OCH3 is 1. The first-order chi connectivity index (χ1) is 20.3. The Morgan fingerprint density at radius 3 is 2.50 bits per heavy atom. The molecule has 42 heavy (non-hydrogen) atoms. The summed E-state index contributed by atoms with van der Waals surface area (Å²) in [4.78, 5) is 10.6. The Labute approximate surface area is 244 Å². The van der Waals surface area contributed by atoms with Crippen molar-refractivity contribution in [1.82, 2.24) is 0 Å². The van der Waals surface area contributed by atoms with E-state index in [0.717, 1.165) is 28.8 Å². The van der Waals surface area contributed by atoms with Crippen LogP contribution >= 0.6 is 0 Å². The standard InChI is InChI=1S/C32H29N3O6S/c1-40-31-8-3-2-7-30(31)34-42(38,39)25-17-18-29-28(19-25)26-5-4-6-27(26)32(33-29)22-11-15-24(16-12-22)41-20-21-9-13-23(14-10-21)35(36)37/h2-5,7-19,26-27,32-34H,6,20H2,1H3/t26-,27+,32+/m0/s1. The predicted octanol–water partition coefficient (Wildman–Crippen LogP) is 6.81. The molecule has 0 amide bonds. The molecule has 4 aromatic rings. The number of nitro groups is 1. The molecule has 0 unspecified atom stereocenters. The number of non-ortho nitro benzene ring substituents is 1. The minimum absolute atomic E-state index is 0.0374. The van der Waals surface area contributed by atoms with E-state index in [9.17, 15) is 18.5 Å². The van der Waals surface area contributed by atoms with Crippen molar-refractivity contribution in [3.05, 3.63) is 130 Å². The fourth-order valence-corrected chi connectivity index (χ4v) is 6.76. The molecule has 0 bridgehead atoms. The number of anilines is 2. The molecule has 0 fully saturated rings. The molecule has 0 radical (unpaired) electrons. The van der Waals surface area contributed by atoms with Crippen LogP contribution in [0.2, 0.25) is 0 Å². The lowest BCUT2D eigenvalue weighted by molar-refractivity contribution is -0.384. The van der Waals surface area contributed by atoms with E-state index >= 15 is 0 Å². The van der Waals surface area contributed by atoms with E-state index in [1.165, 1.54) is 19.2 Å². The number of hydrogen-bond acceptors (Lipinski definition) is 7. The second-order valence-electron chi connectivity index (χ2n) is 10.3. The Morgan fingerprint density at radius 1 is 1.00 bits per heavy atom. The van der Waals surface area contributed by atoms with Gasteiger partial charge in [-0.1, -0.05) is 36.4 Å². The summed E-state index contributed by atoms with van der Waals surface area (Å²) in [6, 6.07) is 26.4. The zero-order valence-corrected chi connectivity index (χ0v) is 23.6. The Bertz CT molecular complexity index is 1750. The van der Waals surface area contributed by atoms with E-state index in [1.54, 1.807) is 48.5 Å². The molecule has 6 rings (SSSR count). The number of nitrogens with zero attached hydrogens (tertiary/aromatic N) is 1. The predicted molar refractivity (Wildman–Crippen MR) is 160 cm³/mol. The van der Waals surface area contributed by atoms with Gasteiger partial charge in [0, 0.05) is 23.7 Å². The van der Waals surface area contributed by atoms with Crippen LogP contribution in [0.15, 0.2) is 108 Å². The lowest BCUT2D eigenvalue weighted by Crippen LogP contribution is -2.29. The lowest BCUT2D eigenvalue weighted by Gasteiger charge is -2.37. The van der Waals surface area contributed by atoms with E-state index in [2.05, 4.69) is 22.2 Å². The third-order valence-corrected chi connectivity index (χ3v) is 9.15. The molecule has 3 atom stereocenters. The first-order valence-electron chi connectivity index (χ1n) is 13.5. The fraction of sp³-hybridized carbons (Fsp3) is 0.188. The van der Waals surface area contributed by atoms with Crippen molar-refractivity contribution < 1.29 is 22.8 Å². The van der Waals surface area contributed by atoms with E-state index in [1.807, 2.05) is 30.3 Å². The first-order valence-corrected chi connectivity index (χ1v) is 15.0. The molecular formula is C32H29N3O6S. The zero-order chi connectivity index (χ0) is 29.3. The molecule has 0 aromatic heterocycles. The van der Waals surface area contributed by atoms with Crippen molar-refractivity contribution in [2.24, 2.45) is 5.92 Å². The minimum Gasteiger partial charge on any atom is -0.495 e. The summed E-state index contributed by atoms with van der Waals surface area (Å²) in [7, 11) is -2.33. The van der Waals surface area contributed by atoms with Gasteiger partial charge in [0.1, 0.15) is 18.1 Å². The molecule has 1 aliphatic heterocycles. The monoisotopic (exact) mass is 583 g/mol. The summed E-state index contributed by atoms with van der Waals surface area (Å²) >= 11 is 0. The van der Waals surface area contributed by atoms with Crippen molar-refractivity contribution in [1.29, 1.82) is 0 Å². The number of allylic oxidation sites excluding steroid dienone is 2. The van der Waals surface area contributed by atoms with Crippen LogP contribution in [-0.4, -0.2) is 20.5 Å². The van der Waals surface area contributed by atoms with Gasteiger partial charge in [-0.15, -0.1) is 0 Å². The molecule has 0 spiro atoms. The Balaban J connectivity index is 1.18. The second-order valence-corrected chi connectivity index (χ2v) is 12.0. The number of hydrogen-bond donors (Lipinski definition) is 2. The van der Waals surface area contributed by atoms with Crippen LogP contribution in [0.25, 0.3) is 0 Å². The van der Waals surface area contributed by atoms with Crippen molar-refractivity contribution in [3.8, 4) is 11.5 Å². The fourth-order valence-electron chi connectivity index (χ4n) is 5.65. The summed E-state index contributed by atoms with van der Waals surface area (Å²) in [6.07, 6.45) is 5.20. The number of rotatable bonds is 9. The van der Waals surface area contributed by atoms with Crippen molar-refractivity contribution in [3.63, 3.8) is 0 Å². The quantitative estimate of drug-likeness (QED) is 0.126. The summed E-state index contributed by atoms with van der Waals surface area (Å²) in [5, 5.41) is 14.5. The van der Waals surface area contributed by atoms with Gasteiger partial charge in [0.25, 0.3) is 15.7 Å². The third kappa shape index (κ3) is 5.40. The summed E-state index contributed by atoms with van der Waals surface area (Å²) in [5.74, 6) is 1.45. The SMILES string of the molecule is COc1ccccc1NS(=O)(=O)c1ccc2c(c1)[C@H]1C=CC[C@H]1[C@@H](c1ccc(OCc3ccc([N+](=O)[O-])cc3)cc1)N2. The highest BCUT2D eigenvalue weighted by Crippen LogP contribution is 2.50. The number of benzene rings is 4. The normalized spacial score (nSPS) is 18.8. The number of nitrogens with one attached hydrogen (secondary N) is 2. The van der Waals surface area contributed by atoms with Gasteiger partial charge in [0.05, 0.1) is 28.7 Å². The molecule has 1 aliphatic carbocycles. The van der Waals surface area contributed by atoms with E-state index in [0.29, 0.717) is 23.8 Å². The molecule has 1 heterocycles. The van der Waals surface area contributed by atoms with E-state index < -0.39 is 14.9 Å². The minimum atomic E-state index is -3.84. The average molecular weight is 584 g/mol. The molecule has 4 aromatic carbocycles. The van der Waals surface area contributed by atoms with Crippen LogP contribution in [-0.2, 0) is 16.6 Å². The van der Waals surface area contributed by atoms with Gasteiger partial charge in [-0.25, -0.2) is 8.42 Å². The molecule has 0 saturated heterocycles. The molecule has 2 aliphatic rings. The van der Waals surface area contributed by atoms with Gasteiger partial charge < -0.3 is 14.8 Å². The molecule has 10 heteroatoms. The number of para-hydroxylation sites is 2. The molecular weight excluding hydrogens is 554 g/mol. The molecule has 214 valence electrons. The van der Waals surface area contributed by atoms with E-state index in [-0.39, 0.29) is 28.5 Å². The molecule has 0 saturated carbocycles. The maximum absolute atomic E-state index is 13.3. The average Bonchev–Trinajstić information content (AvgIpc) is 3.50. The van der Waals surface area contributed by atoms with Gasteiger partial charge in [0.15, 0.2) is 0 Å². The smallest absolute Gasteiger partial charge is 0.269 e. The van der Waals surface area contributed by atoms with Crippen LogP contribution < -0.4 is 19.5 Å². The lowest BCUT2D eigenvalue weighted by atomic mass is 9.77. The maximum Gasteiger partial charge on any atom is 0.269 e. The van der Waals surface area contributed by atoms with Crippen LogP contribution in [0, 0.1) is 16.0 Å². The van der Waals surface area contributed by atoms with Crippen LogP contribution in [0.5, 0.6) is 11.5 Å². The van der Waals surface area contributed by atoms with Gasteiger partial charge in [0.2, 0.25) is 0 Å². The van der Waals surface area contributed by atoms with Gasteiger partial charge in [-0.05, 0) is 83.6 Å². The maximum atomic E-state index is 13.3. The number of ether oxygens (including phenoxy) is 2. The highest BCUT2D eigenvalue weighted by atomic mass is 32.2. The summed E-state index contributed by atoms with van der Waals surface area (Å²) in [5.41, 5.74) is 4.24. The second kappa shape index (κ2) is 11.2. The van der Waals surface area contributed by atoms with Gasteiger partial charge in [-0.2, -0.15) is 0 Å². The third-order valence-electron chi connectivity index (χ3n) is 7.79. The van der Waals surface area contributed by atoms with Crippen LogP contribution in [0.3, 0.4) is 0 Å². The van der Waals surface area contributed by atoms with Crippen molar-refractivity contribution >= 4 is 27.1 Å². The topological polar surface area (TPSA) is 120 Å². The first kappa shape index (κ1) is 27.3. The number of nitro benzene ring substituents is 1. The number of sulfonamides is 1. The Hall–Kier alpha value is -4.83. The van der Waals surface area contributed by atoms with Crippen LogP contribution in [0.1, 0.15) is 35.1 Å². The van der Waals surface area contributed by atoms with E-state index in [4.69, 9.17) is 9.47 Å². The summed E-state index contributed by atoms with van der Waals surface area (Å²) < 4.78 is 40.5. The Kier molecular flexibility index (Phi) is 7.30. The zero-order valence-electron chi connectivity index (χ0n) is 22.8. The van der Waals surface area contributed by atoms with Gasteiger partial charge in [-0.3, -0.25) is 14.8 Å².